The highest BCUT2D eigenvalue weighted by molar-refractivity contribution is 5.71. The van der Waals surface area contributed by atoms with Crippen LogP contribution in [0.5, 0.6) is 0 Å². The van der Waals surface area contributed by atoms with Gasteiger partial charge in [0.15, 0.2) is 0 Å². The number of nitrogens with two attached hydrogens (primary N) is 1. The van der Waals surface area contributed by atoms with E-state index in [0.717, 1.165) is 16.8 Å². The van der Waals surface area contributed by atoms with Crippen molar-refractivity contribution < 1.29 is 0 Å². The Hall–Kier alpha value is -1.57. The average Bonchev–Trinajstić information content (AvgIpc) is 2.18. The van der Waals surface area contributed by atoms with Crippen LogP contribution in [0.4, 0.5) is 0 Å². The Bertz CT molecular complexity index is 338. The molecule has 68 valence electrons. The zero-order chi connectivity index (χ0) is 9.68. The van der Waals surface area contributed by atoms with Crippen molar-refractivity contribution in [2.45, 2.75) is 13.8 Å². The molecule has 2 nitrogen and oxygen atoms in total. The highest BCUT2D eigenvalue weighted by Gasteiger charge is 1.99. The summed E-state index contributed by atoms with van der Waals surface area (Å²) in [5.41, 5.74) is 8.67. The van der Waals surface area contributed by atoms with Gasteiger partial charge in [-0.05, 0) is 25.5 Å². The fourth-order valence-corrected chi connectivity index (χ4v) is 1.13. The first-order valence-corrected chi connectivity index (χ1v) is 4.28. The molecule has 0 aliphatic carbocycles. The van der Waals surface area contributed by atoms with E-state index >= 15 is 0 Å². The van der Waals surface area contributed by atoms with Crippen LogP contribution in [0.3, 0.4) is 0 Å². The predicted molar refractivity (Wildman–Crippen MR) is 56.8 cm³/mol. The fourth-order valence-electron chi connectivity index (χ4n) is 1.13. The Morgan fingerprint density at radius 3 is 2.85 bits per heavy atom. The fraction of sp³-hybridized carbons (Fsp3) is 0.182. The van der Waals surface area contributed by atoms with Gasteiger partial charge in [-0.25, -0.2) is 0 Å². The Morgan fingerprint density at radius 1 is 1.46 bits per heavy atom. The molecule has 0 aromatic carbocycles. The van der Waals surface area contributed by atoms with Crippen molar-refractivity contribution in [2.75, 3.05) is 0 Å². The largest absolute Gasteiger partial charge is 0.398 e. The van der Waals surface area contributed by atoms with E-state index in [0.29, 0.717) is 0 Å². The van der Waals surface area contributed by atoms with E-state index in [4.69, 9.17) is 5.73 Å². The summed E-state index contributed by atoms with van der Waals surface area (Å²) < 4.78 is 0. The van der Waals surface area contributed by atoms with Gasteiger partial charge in [0.1, 0.15) is 0 Å². The third-order valence-corrected chi connectivity index (χ3v) is 1.82. The molecule has 0 atom stereocenters. The zero-order valence-corrected chi connectivity index (χ0v) is 7.99. The van der Waals surface area contributed by atoms with Crippen molar-refractivity contribution in [3.63, 3.8) is 0 Å². The van der Waals surface area contributed by atoms with Crippen LogP contribution in [0.2, 0.25) is 0 Å². The van der Waals surface area contributed by atoms with E-state index in [1.807, 2.05) is 38.1 Å². The molecule has 2 N–H and O–H groups in total. The molecule has 0 unspecified atom stereocenters. The second kappa shape index (κ2) is 4.45. The zero-order valence-electron chi connectivity index (χ0n) is 7.99. The maximum Gasteiger partial charge on any atom is 0.0366 e. The van der Waals surface area contributed by atoms with Crippen molar-refractivity contribution >= 4 is 11.8 Å². The Balaban J connectivity index is 3.19. The lowest BCUT2D eigenvalue weighted by Gasteiger charge is -2.04. The second-order valence-electron chi connectivity index (χ2n) is 2.71. The van der Waals surface area contributed by atoms with Gasteiger partial charge in [-0.3, -0.25) is 4.98 Å². The topological polar surface area (TPSA) is 38.9 Å². The number of hydrogen-bond acceptors (Lipinski definition) is 2. The maximum atomic E-state index is 5.81. The van der Waals surface area contributed by atoms with Crippen molar-refractivity contribution in [2.24, 2.45) is 5.73 Å². The summed E-state index contributed by atoms with van der Waals surface area (Å²) in [6, 6.07) is 1.95. The van der Waals surface area contributed by atoms with Crippen LogP contribution in [-0.4, -0.2) is 4.98 Å². The lowest BCUT2D eigenvalue weighted by molar-refractivity contribution is 1.29. The molecular weight excluding hydrogens is 160 g/mol. The first kappa shape index (κ1) is 9.52. The third kappa shape index (κ3) is 2.18. The van der Waals surface area contributed by atoms with Gasteiger partial charge in [-0.15, -0.1) is 0 Å². The van der Waals surface area contributed by atoms with Crippen molar-refractivity contribution in [1.82, 2.24) is 4.98 Å². The quantitative estimate of drug-likeness (QED) is 0.747. The first-order valence-electron chi connectivity index (χ1n) is 4.28. The van der Waals surface area contributed by atoms with Gasteiger partial charge in [-0.2, -0.15) is 0 Å². The van der Waals surface area contributed by atoms with E-state index in [9.17, 15) is 0 Å². The van der Waals surface area contributed by atoms with E-state index in [2.05, 4.69) is 4.98 Å². The van der Waals surface area contributed by atoms with E-state index < -0.39 is 0 Å². The van der Waals surface area contributed by atoms with Gasteiger partial charge in [0, 0.05) is 23.7 Å². The number of hydrogen-bond donors (Lipinski definition) is 1. The monoisotopic (exact) mass is 174 g/mol. The molecule has 0 aliphatic heterocycles. The minimum Gasteiger partial charge on any atom is -0.398 e. The summed E-state index contributed by atoms with van der Waals surface area (Å²) in [5, 5.41) is 0. The van der Waals surface area contributed by atoms with Gasteiger partial charge in [0.2, 0.25) is 0 Å². The number of pyridine rings is 1. The first-order chi connectivity index (χ1) is 6.29. The third-order valence-electron chi connectivity index (χ3n) is 1.82. The van der Waals surface area contributed by atoms with Crippen LogP contribution in [0.25, 0.3) is 11.8 Å². The lowest BCUT2D eigenvalue weighted by Crippen LogP contribution is -1.98. The second-order valence-corrected chi connectivity index (χ2v) is 2.71. The Morgan fingerprint density at radius 2 is 2.23 bits per heavy atom. The Kier molecular flexibility index (Phi) is 3.26. The number of rotatable bonds is 2. The smallest absolute Gasteiger partial charge is 0.0366 e. The van der Waals surface area contributed by atoms with Crippen LogP contribution >= 0.6 is 0 Å². The maximum absolute atomic E-state index is 5.81. The van der Waals surface area contributed by atoms with Crippen LogP contribution < -0.4 is 5.73 Å². The van der Waals surface area contributed by atoms with E-state index in [1.165, 1.54) is 0 Å². The van der Waals surface area contributed by atoms with Crippen molar-refractivity contribution in [1.29, 1.82) is 0 Å². The minimum atomic E-state index is 0.765. The molecule has 2 heteroatoms. The molecule has 1 rings (SSSR count). The van der Waals surface area contributed by atoms with Gasteiger partial charge in [0.25, 0.3) is 0 Å². The lowest BCUT2D eigenvalue weighted by atomic mass is 10.1. The average molecular weight is 174 g/mol. The summed E-state index contributed by atoms with van der Waals surface area (Å²) in [4.78, 5) is 4.04. The summed E-state index contributed by atoms with van der Waals surface area (Å²) in [6.07, 6.45) is 9.44. The number of aromatic nitrogens is 1. The molecule has 0 saturated carbocycles. The van der Waals surface area contributed by atoms with Crippen LogP contribution in [0.1, 0.15) is 25.0 Å². The molecule has 1 aromatic rings. The molecule has 1 heterocycles. The molecule has 0 bridgehead atoms. The number of allylic oxidation sites excluding steroid dienone is 2. The van der Waals surface area contributed by atoms with Crippen molar-refractivity contribution in [3.05, 3.63) is 41.7 Å². The molecule has 0 aliphatic rings. The highest BCUT2D eigenvalue weighted by Crippen LogP contribution is 2.14. The summed E-state index contributed by atoms with van der Waals surface area (Å²) >= 11 is 0. The SMILES string of the molecule is C/C=C\c1ccncc1/C(N)=C\C. The summed E-state index contributed by atoms with van der Waals surface area (Å²) in [7, 11) is 0. The van der Waals surface area contributed by atoms with Gasteiger partial charge in [0.05, 0.1) is 0 Å². The minimum absolute atomic E-state index is 0.765. The van der Waals surface area contributed by atoms with Crippen molar-refractivity contribution in [3.8, 4) is 0 Å². The number of nitrogens with zero attached hydrogens (tertiary/aromatic N) is 1. The Labute approximate surface area is 78.8 Å². The van der Waals surface area contributed by atoms with Crippen LogP contribution in [-0.2, 0) is 0 Å². The van der Waals surface area contributed by atoms with Gasteiger partial charge >= 0.3 is 0 Å². The standard InChI is InChI=1S/C11H14N2/c1-3-5-9-6-7-13-8-10(9)11(12)4-2/h3-8H,12H2,1-2H3/b5-3-,11-4+. The predicted octanol–water partition coefficient (Wildman–Crippen LogP) is 2.43. The van der Waals surface area contributed by atoms with Gasteiger partial charge < -0.3 is 5.73 Å². The normalized spacial score (nSPS) is 12.3. The highest BCUT2D eigenvalue weighted by atomic mass is 14.6. The van der Waals surface area contributed by atoms with E-state index in [1.54, 1.807) is 12.4 Å². The molecule has 13 heavy (non-hydrogen) atoms. The molecule has 0 amide bonds. The molecule has 0 fully saturated rings. The summed E-state index contributed by atoms with van der Waals surface area (Å²) in [5.74, 6) is 0. The molecular formula is C11H14N2. The molecule has 0 spiro atoms. The van der Waals surface area contributed by atoms with Gasteiger partial charge in [-0.1, -0.05) is 18.2 Å². The molecule has 1 aromatic heterocycles. The van der Waals surface area contributed by atoms with Crippen LogP contribution in [0, 0.1) is 0 Å². The summed E-state index contributed by atoms with van der Waals surface area (Å²) in [6.45, 7) is 3.90. The molecule has 0 radical (unpaired) electrons. The molecule has 0 saturated heterocycles. The van der Waals surface area contributed by atoms with E-state index in [-0.39, 0.29) is 0 Å². The van der Waals surface area contributed by atoms with Crippen LogP contribution in [0.15, 0.2) is 30.6 Å².